The maximum absolute atomic E-state index is 12.2. The topological polar surface area (TPSA) is 86.3 Å². The van der Waals surface area contributed by atoms with Crippen LogP contribution in [0.15, 0.2) is 17.6 Å². The third-order valence-corrected chi connectivity index (χ3v) is 4.90. The third kappa shape index (κ3) is 2.67. The summed E-state index contributed by atoms with van der Waals surface area (Å²) in [4.78, 5) is 6.37. The minimum absolute atomic E-state index is 0.114. The molecule has 0 aliphatic carbocycles. The van der Waals surface area contributed by atoms with Crippen molar-refractivity contribution in [1.29, 1.82) is 0 Å². The summed E-state index contributed by atoms with van der Waals surface area (Å²) in [6.07, 6.45) is 5.18. The second-order valence-electron chi connectivity index (χ2n) is 4.30. The summed E-state index contributed by atoms with van der Waals surface area (Å²) in [6, 6.07) is 0. The van der Waals surface area contributed by atoms with Crippen molar-refractivity contribution in [2.24, 2.45) is 5.92 Å². The molecule has 1 aliphatic rings. The van der Waals surface area contributed by atoms with E-state index in [0.717, 1.165) is 12.8 Å². The zero-order valence-corrected chi connectivity index (χ0v) is 10.4. The first kappa shape index (κ1) is 12.5. The molecule has 1 atom stereocenters. The maximum atomic E-state index is 12.2. The molecule has 1 aliphatic heterocycles. The third-order valence-electron chi connectivity index (χ3n) is 3.11. The van der Waals surface area contributed by atoms with Gasteiger partial charge < -0.3 is 10.1 Å². The van der Waals surface area contributed by atoms with Crippen LogP contribution in [0.5, 0.6) is 0 Å². The predicted molar refractivity (Wildman–Crippen MR) is 61.8 cm³/mol. The van der Waals surface area contributed by atoms with E-state index in [1.165, 1.54) is 16.8 Å². The summed E-state index contributed by atoms with van der Waals surface area (Å²) < 4.78 is 25.9. The van der Waals surface area contributed by atoms with Gasteiger partial charge in [-0.05, 0) is 25.2 Å². The molecule has 6 nitrogen and oxygen atoms in total. The Bertz CT molecular complexity index is 441. The molecule has 1 unspecified atom stereocenters. The van der Waals surface area contributed by atoms with Crippen LogP contribution in [0.25, 0.3) is 0 Å². The fourth-order valence-corrected chi connectivity index (χ4v) is 3.64. The van der Waals surface area contributed by atoms with Crippen molar-refractivity contribution >= 4 is 10.0 Å². The number of aromatic nitrogens is 2. The van der Waals surface area contributed by atoms with Crippen molar-refractivity contribution in [3.8, 4) is 0 Å². The van der Waals surface area contributed by atoms with Crippen LogP contribution in [-0.4, -0.2) is 47.5 Å². The van der Waals surface area contributed by atoms with E-state index in [4.69, 9.17) is 5.11 Å². The number of aliphatic hydroxyl groups is 1. The molecule has 1 aromatic heterocycles. The normalized spacial score (nSPS) is 22.8. The molecular weight excluding hydrogens is 242 g/mol. The fourth-order valence-electron chi connectivity index (χ4n) is 2.19. The predicted octanol–water partition coefficient (Wildman–Crippen LogP) is 0.193. The molecule has 1 saturated heterocycles. The standard InChI is InChI=1S/C10H17N3O3S/c14-5-3-9-2-1-4-13(7-9)17(15,16)10-6-11-8-12-10/h6,8-9,14H,1-5,7H2,(H,11,12). The van der Waals surface area contributed by atoms with Crippen LogP contribution in [0.4, 0.5) is 0 Å². The number of sulfonamides is 1. The van der Waals surface area contributed by atoms with Crippen LogP contribution in [0, 0.1) is 5.92 Å². The van der Waals surface area contributed by atoms with Crippen molar-refractivity contribution in [3.05, 3.63) is 12.5 Å². The largest absolute Gasteiger partial charge is 0.396 e. The molecule has 1 aromatic rings. The highest BCUT2D eigenvalue weighted by Crippen LogP contribution is 2.24. The van der Waals surface area contributed by atoms with Crippen LogP contribution >= 0.6 is 0 Å². The highest BCUT2D eigenvalue weighted by Gasteiger charge is 2.30. The Morgan fingerprint density at radius 2 is 2.41 bits per heavy atom. The Kier molecular flexibility index (Phi) is 3.80. The number of imidazole rings is 1. The smallest absolute Gasteiger partial charge is 0.260 e. The highest BCUT2D eigenvalue weighted by molar-refractivity contribution is 7.89. The zero-order chi connectivity index (χ0) is 12.3. The second kappa shape index (κ2) is 5.16. The Labute approximate surface area is 101 Å². The van der Waals surface area contributed by atoms with Crippen LogP contribution in [-0.2, 0) is 10.0 Å². The molecular formula is C10H17N3O3S. The van der Waals surface area contributed by atoms with Crippen molar-refractivity contribution in [3.63, 3.8) is 0 Å². The van der Waals surface area contributed by atoms with E-state index in [2.05, 4.69) is 9.97 Å². The molecule has 2 heterocycles. The van der Waals surface area contributed by atoms with Crippen LogP contribution < -0.4 is 0 Å². The lowest BCUT2D eigenvalue weighted by Gasteiger charge is -2.31. The van der Waals surface area contributed by atoms with Gasteiger partial charge >= 0.3 is 0 Å². The van der Waals surface area contributed by atoms with Gasteiger partial charge in [-0.2, -0.15) is 4.31 Å². The van der Waals surface area contributed by atoms with Crippen molar-refractivity contribution < 1.29 is 13.5 Å². The number of hydrogen-bond acceptors (Lipinski definition) is 4. The first-order valence-corrected chi connectivity index (χ1v) is 7.18. The van der Waals surface area contributed by atoms with E-state index in [1.54, 1.807) is 0 Å². The van der Waals surface area contributed by atoms with Gasteiger partial charge in [0.25, 0.3) is 10.0 Å². The Balaban J connectivity index is 2.12. The SMILES string of the molecule is O=S(=O)(c1cnc[nH]1)N1CCCC(CCO)C1. The Hall–Kier alpha value is -0.920. The maximum Gasteiger partial charge on any atom is 0.260 e. The minimum Gasteiger partial charge on any atom is -0.396 e. The number of aliphatic hydroxyl groups excluding tert-OH is 1. The molecule has 1 fully saturated rings. The summed E-state index contributed by atoms with van der Waals surface area (Å²) in [5.74, 6) is 0.256. The van der Waals surface area contributed by atoms with Gasteiger partial charge in [-0.3, -0.25) is 0 Å². The molecule has 0 spiro atoms. The summed E-state index contributed by atoms with van der Waals surface area (Å²) in [7, 11) is -3.44. The second-order valence-corrected chi connectivity index (χ2v) is 6.21. The van der Waals surface area contributed by atoms with Gasteiger partial charge in [0.2, 0.25) is 0 Å². The number of aromatic amines is 1. The molecule has 7 heteroatoms. The summed E-state index contributed by atoms with van der Waals surface area (Å²) >= 11 is 0. The lowest BCUT2D eigenvalue weighted by atomic mass is 9.97. The number of nitrogens with one attached hydrogen (secondary N) is 1. The van der Waals surface area contributed by atoms with Crippen LogP contribution in [0.2, 0.25) is 0 Å². The minimum atomic E-state index is -3.44. The monoisotopic (exact) mass is 259 g/mol. The van der Waals surface area contributed by atoms with E-state index in [9.17, 15) is 8.42 Å². The average Bonchev–Trinajstić information content (AvgIpc) is 2.84. The summed E-state index contributed by atoms with van der Waals surface area (Å²) in [5, 5.41) is 9.05. The van der Waals surface area contributed by atoms with Crippen molar-refractivity contribution in [2.45, 2.75) is 24.3 Å². The molecule has 0 amide bonds. The van der Waals surface area contributed by atoms with Gasteiger partial charge in [-0.15, -0.1) is 0 Å². The number of hydrogen-bond donors (Lipinski definition) is 2. The van der Waals surface area contributed by atoms with Gasteiger partial charge in [0.15, 0.2) is 5.03 Å². The summed E-state index contributed by atoms with van der Waals surface area (Å²) in [5.41, 5.74) is 0. The Morgan fingerprint density at radius 1 is 1.59 bits per heavy atom. The number of rotatable bonds is 4. The first-order chi connectivity index (χ1) is 8.14. The molecule has 0 radical (unpaired) electrons. The van der Waals surface area contributed by atoms with Gasteiger partial charge in [0.1, 0.15) is 0 Å². The van der Waals surface area contributed by atoms with Gasteiger partial charge in [-0.25, -0.2) is 13.4 Å². The number of piperidine rings is 1. The molecule has 2 rings (SSSR count). The van der Waals surface area contributed by atoms with Gasteiger partial charge in [0, 0.05) is 19.7 Å². The molecule has 96 valence electrons. The van der Waals surface area contributed by atoms with E-state index in [1.807, 2.05) is 0 Å². The van der Waals surface area contributed by atoms with E-state index < -0.39 is 10.0 Å². The molecule has 2 N–H and O–H groups in total. The van der Waals surface area contributed by atoms with E-state index >= 15 is 0 Å². The van der Waals surface area contributed by atoms with E-state index in [0.29, 0.717) is 19.5 Å². The average molecular weight is 259 g/mol. The molecule has 0 saturated carbocycles. The zero-order valence-electron chi connectivity index (χ0n) is 9.54. The van der Waals surface area contributed by atoms with E-state index in [-0.39, 0.29) is 17.6 Å². The number of nitrogens with zero attached hydrogens (tertiary/aromatic N) is 2. The lowest BCUT2D eigenvalue weighted by molar-refractivity contribution is 0.202. The van der Waals surface area contributed by atoms with Crippen molar-refractivity contribution in [1.82, 2.24) is 14.3 Å². The molecule has 0 aromatic carbocycles. The van der Waals surface area contributed by atoms with Gasteiger partial charge in [0.05, 0.1) is 12.5 Å². The Morgan fingerprint density at radius 3 is 3.06 bits per heavy atom. The summed E-state index contributed by atoms with van der Waals surface area (Å²) in [6.45, 7) is 1.15. The van der Waals surface area contributed by atoms with Crippen LogP contribution in [0.3, 0.4) is 0 Å². The quantitative estimate of drug-likeness (QED) is 0.808. The van der Waals surface area contributed by atoms with Crippen molar-refractivity contribution in [2.75, 3.05) is 19.7 Å². The number of H-pyrrole nitrogens is 1. The molecule has 0 bridgehead atoms. The fraction of sp³-hybridized carbons (Fsp3) is 0.700. The highest BCUT2D eigenvalue weighted by atomic mass is 32.2. The van der Waals surface area contributed by atoms with Gasteiger partial charge in [-0.1, -0.05) is 0 Å². The molecule has 17 heavy (non-hydrogen) atoms. The lowest BCUT2D eigenvalue weighted by Crippen LogP contribution is -2.40. The van der Waals surface area contributed by atoms with Crippen LogP contribution in [0.1, 0.15) is 19.3 Å². The first-order valence-electron chi connectivity index (χ1n) is 5.74.